The van der Waals surface area contributed by atoms with Gasteiger partial charge < -0.3 is 5.73 Å². The fourth-order valence-corrected chi connectivity index (χ4v) is 2.69. The number of aryl methyl sites for hydroxylation is 1. The fraction of sp³-hybridized carbons (Fsp3) is 0.286. The van der Waals surface area contributed by atoms with E-state index in [9.17, 15) is 0 Å². The highest BCUT2D eigenvalue weighted by molar-refractivity contribution is 9.10. The van der Waals surface area contributed by atoms with Gasteiger partial charge in [-0.25, -0.2) is 4.68 Å². The second-order valence-corrected chi connectivity index (χ2v) is 5.41. The largest absolute Gasteiger partial charge is 0.384 e. The highest BCUT2D eigenvalue weighted by atomic mass is 79.9. The van der Waals surface area contributed by atoms with Crippen LogP contribution in [0.15, 0.2) is 22.7 Å². The molecule has 0 bridgehead atoms. The Morgan fingerprint density at radius 2 is 2.11 bits per heavy atom. The molecule has 5 heteroatoms. The van der Waals surface area contributed by atoms with Crippen molar-refractivity contribution in [3.05, 3.63) is 45.2 Å². The normalized spacial score (nSPS) is 10.7. The van der Waals surface area contributed by atoms with Crippen LogP contribution in [0.25, 0.3) is 5.69 Å². The standard InChI is InChI=1S/C14H17BrN4/c1-4-11-8(2)18-19(9(11)3)13-6-5-10(15)7-12(13)14(16)17/h5-7H,4H2,1-3H3,(H3,16,17). The summed E-state index contributed by atoms with van der Waals surface area (Å²) >= 11 is 3.41. The van der Waals surface area contributed by atoms with E-state index >= 15 is 0 Å². The van der Waals surface area contributed by atoms with Gasteiger partial charge in [0.25, 0.3) is 0 Å². The van der Waals surface area contributed by atoms with E-state index in [4.69, 9.17) is 11.1 Å². The van der Waals surface area contributed by atoms with Gasteiger partial charge >= 0.3 is 0 Å². The summed E-state index contributed by atoms with van der Waals surface area (Å²) in [5.74, 6) is 0.0434. The molecule has 2 rings (SSSR count). The lowest BCUT2D eigenvalue weighted by atomic mass is 10.1. The number of amidine groups is 1. The van der Waals surface area contributed by atoms with Gasteiger partial charge in [0, 0.05) is 15.7 Å². The molecule has 4 nitrogen and oxygen atoms in total. The second-order valence-electron chi connectivity index (χ2n) is 4.49. The Labute approximate surface area is 121 Å². The molecule has 1 heterocycles. The van der Waals surface area contributed by atoms with Crippen molar-refractivity contribution >= 4 is 21.8 Å². The Hall–Kier alpha value is -1.62. The van der Waals surface area contributed by atoms with Crippen LogP contribution in [-0.2, 0) is 6.42 Å². The molecule has 0 saturated carbocycles. The molecule has 0 fully saturated rings. The molecule has 19 heavy (non-hydrogen) atoms. The number of aromatic nitrogens is 2. The van der Waals surface area contributed by atoms with Crippen molar-refractivity contribution in [3.63, 3.8) is 0 Å². The van der Waals surface area contributed by atoms with Crippen LogP contribution >= 0.6 is 15.9 Å². The molecule has 2 aromatic rings. The lowest BCUT2D eigenvalue weighted by Crippen LogP contribution is -2.16. The van der Waals surface area contributed by atoms with Crippen molar-refractivity contribution in [2.75, 3.05) is 0 Å². The molecule has 0 amide bonds. The average Bonchev–Trinajstić information content (AvgIpc) is 2.64. The molecule has 100 valence electrons. The number of hydrogen-bond donors (Lipinski definition) is 2. The maximum Gasteiger partial charge on any atom is 0.125 e. The van der Waals surface area contributed by atoms with Crippen molar-refractivity contribution in [1.29, 1.82) is 5.41 Å². The van der Waals surface area contributed by atoms with E-state index in [2.05, 4.69) is 28.0 Å². The summed E-state index contributed by atoms with van der Waals surface area (Å²) in [5.41, 5.74) is 10.6. The maximum absolute atomic E-state index is 7.71. The molecule has 3 N–H and O–H groups in total. The molecule has 0 aliphatic heterocycles. The Bertz CT molecular complexity index is 643. The molecule has 0 spiro atoms. The molecular formula is C14H17BrN4. The van der Waals surface area contributed by atoms with Crippen LogP contribution in [0, 0.1) is 19.3 Å². The number of nitrogens with zero attached hydrogens (tertiary/aromatic N) is 2. The highest BCUT2D eigenvalue weighted by Gasteiger charge is 2.15. The van der Waals surface area contributed by atoms with E-state index in [1.54, 1.807) is 0 Å². The summed E-state index contributed by atoms with van der Waals surface area (Å²) < 4.78 is 2.77. The summed E-state index contributed by atoms with van der Waals surface area (Å²) in [6.07, 6.45) is 0.948. The SMILES string of the molecule is CCc1c(C)nn(-c2ccc(Br)cc2C(=N)N)c1C. The number of rotatable bonds is 3. The molecule has 0 atom stereocenters. The second kappa shape index (κ2) is 5.17. The first-order chi connectivity index (χ1) is 8.95. The van der Waals surface area contributed by atoms with E-state index < -0.39 is 0 Å². The van der Waals surface area contributed by atoms with Gasteiger partial charge in [0.15, 0.2) is 0 Å². The molecule has 0 saturated heterocycles. The van der Waals surface area contributed by atoms with Crippen molar-refractivity contribution in [3.8, 4) is 5.69 Å². The van der Waals surface area contributed by atoms with Gasteiger partial charge in [-0.3, -0.25) is 5.41 Å². The van der Waals surface area contributed by atoms with Gasteiger partial charge in [-0.15, -0.1) is 0 Å². The lowest BCUT2D eigenvalue weighted by molar-refractivity contribution is 0.830. The number of nitrogen functional groups attached to an aromatic ring is 1. The first-order valence-corrected chi connectivity index (χ1v) is 6.94. The smallest absolute Gasteiger partial charge is 0.125 e. The number of hydrogen-bond acceptors (Lipinski definition) is 2. The van der Waals surface area contributed by atoms with Gasteiger partial charge in [-0.1, -0.05) is 22.9 Å². The van der Waals surface area contributed by atoms with Crippen LogP contribution < -0.4 is 5.73 Å². The van der Waals surface area contributed by atoms with Gasteiger partial charge in [-0.05, 0) is 44.0 Å². The molecule has 1 aromatic carbocycles. The van der Waals surface area contributed by atoms with Crippen molar-refractivity contribution in [1.82, 2.24) is 9.78 Å². The quantitative estimate of drug-likeness (QED) is 0.674. The van der Waals surface area contributed by atoms with Crippen molar-refractivity contribution in [2.45, 2.75) is 27.2 Å². The third-order valence-electron chi connectivity index (χ3n) is 3.27. The first-order valence-electron chi connectivity index (χ1n) is 6.15. The first kappa shape index (κ1) is 13.8. The minimum atomic E-state index is 0.0434. The summed E-state index contributed by atoms with van der Waals surface area (Å²) in [6, 6.07) is 5.71. The van der Waals surface area contributed by atoms with Crippen LogP contribution in [-0.4, -0.2) is 15.6 Å². The van der Waals surface area contributed by atoms with E-state index in [0.717, 1.165) is 28.0 Å². The Balaban J connectivity index is 2.69. The topological polar surface area (TPSA) is 67.7 Å². The summed E-state index contributed by atoms with van der Waals surface area (Å²) in [5, 5.41) is 12.3. The Morgan fingerprint density at radius 3 is 2.63 bits per heavy atom. The van der Waals surface area contributed by atoms with E-state index in [0.29, 0.717) is 5.56 Å². The van der Waals surface area contributed by atoms with Crippen LogP contribution in [0.2, 0.25) is 0 Å². The van der Waals surface area contributed by atoms with Crippen molar-refractivity contribution in [2.24, 2.45) is 5.73 Å². The molecule has 0 aliphatic carbocycles. The molecule has 0 aliphatic rings. The minimum Gasteiger partial charge on any atom is -0.384 e. The summed E-state index contributed by atoms with van der Waals surface area (Å²) in [7, 11) is 0. The monoisotopic (exact) mass is 320 g/mol. The zero-order valence-electron chi connectivity index (χ0n) is 11.3. The predicted molar refractivity (Wildman–Crippen MR) is 81.1 cm³/mol. The van der Waals surface area contributed by atoms with Crippen LogP contribution in [0.3, 0.4) is 0 Å². The molecule has 1 aromatic heterocycles. The average molecular weight is 321 g/mol. The number of halogens is 1. The van der Waals surface area contributed by atoms with Gasteiger partial charge in [0.1, 0.15) is 5.84 Å². The molecule has 0 unspecified atom stereocenters. The van der Waals surface area contributed by atoms with E-state index in [1.165, 1.54) is 5.56 Å². The third kappa shape index (κ3) is 2.42. The van der Waals surface area contributed by atoms with Crippen LogP contribution in [0.4, 0.5) is 0 Å². The third-order valence-corrected chi connectivity index (χ3v) is 3.76. The summed E-state index contributed by atoms with van der Waals surface area (Å²) in [4.78, 5) is 0. The zero-order valence-corrected chi connectivity index (χ0v) is 12.9. The molecular weight excluding hydrogens is 304 g/mol. The van der Waals surface area contributed by atoms with Crippen LogP contribution in [0.1, 0.15) is 29.4 Å². The number of nitrogens with two attached hydrogens (primary N) is 1. The number of nitrogens with one attached hydrogen (secondary N) is 1. The van der Waals surface area contributed by atoms with Crippen LogP contribution in [0.5, 0.6) is 0 Å². The molecule has 0 radical (unpaired) electrons. The van der Waals surface area contributed by atoms with Crippen molar-refractivity contribution < 1.29 is 0 Å². The van der Waals surface area contributed by atoms with E-state index in [1.807, 2.05) is 36.7 Å². The highest BCUT2D eigenvalue weighted by Crippen LogP contribution is 2.23. The lowest BCUT2D eigenvalue weighted by Gasteiger charge is -2.11. The number of benzene rings is 1. The Kier molecular flexibility index (Phi) is 3.75. The Morgan fingerprint density at radius 1 is 1.42 bits per heavy atom. The maximum atomic E-state index is 7.71. The minimum absolute atomic E-state index is 0.0434. The van der Waals surface area contributed by atoms with E-state index in [-0.39, 0.29) is 5.84 Å². The fourth-order valence-electron chi connectivity index (χ4n) is 2.33. The van der Waals surface area contributed by atoms with Gasteiger partial charge in [-0.2, -0.15) is 5.10 Å². The van der Waals surface area contributed by atoms with Gasteiger partial charge in [0.05, 0.1) is 11.4 Å². The predicted octanol–water partition coefficient (Wildman–Crippen LogP) is 3.10. The summed E-state index contributed by atoms with van der Waals surface area (Å²) in [6.45, 7) is 6.17. The van der Waals surface area contributed by atoms with Gasteiger partial charge in [0.2, 0.25) is 0 Å². The zero-order chi connectivity index (χ0) is 14.2.